The van der Waals surface area contributed by atoms with E-state index in [1.165, 1.54) is 25.7 Å². The summed E-state index contributed by atoms with van der Waals surface area (Å²) in [6.45, 7) is 5.44. The molecular weight excluding hydrogens is 186 g/mol. The van der Waals surface area contributed by atoms with Crippen LogP contribution in [0.15, 0.2) is 12.4 Å². The smallest absolute Gasteiger partial charge is 0.203 e. The number of hydrogen-bond donors (Lipinski definition) is 1. The first kappa shape index (κ1) is 10.5. The maximum absolute atomic E-state index is 4.38. The average Bonchev–Trinajstić information content (AvgIpc) is 2.85. The fraction of sp³-hybridized carbons (Fsp3) is 0.750. The minimum absolute atomic E-state index is 0.665. The highest BCUT2D eigenvalue weighted by molar-refractivity contribution is 5.26. The van der Waals surface area contributed by atoms with Gasteiger partial charge in [-0.2, -0.15) is 0 Å². The lowest BCUT2D eigenvalue weighted by atomic mass is 10.2. The number of anilines is 1. The van der Waals surface area contributed by atoms with E-state index in [2.05, 4.69) is 34.9 Å². The van der Waals surface area contributed by atoms with Crippen LogP contribution in [-0.4, -0.2) is 16.1 Å². The van der Waals surface area contributed by atoms with Gasteiger partial charge < -0.3 is 9.88 Å². The van der Waals surface area contributed by atoms with E-state index in [-0.39, 0.29) is 0 Å². The lowest BCUT2D eigenvalue weighted by Gasteiger charge is -2.16. The minimum atomic E-state index is 0.665. The Hall–Kier alpha value is -0.990. The van der Waals surface area contributed by atoms with Crippen molar-refractivity contribution < 1.29 is 0 Å². The zero-order valence-electron chi connectivity index (χ0n) is 9.74. The predicted octanol–water partition coefficient (Wildman–Crippen LogP) is 3.07. The molecule has 2 rings (SSSR count). The molecule has 0 radical (unpaired) electrons. The lowest BCUT2D eigenvalue weighted by Crippen LogP contribution is -2.14. The summed E-state index contributed by atoms with van der Waals surface area (Å²) in [6, 6.07) is 0.683. The van der Waals surface area contributed by atoms with Gasteiger partial charge in [-0.1, -0.05) is 26.7 Å². The van der Waals surface area contributed by atoms with E-state index in [4.69, 9.17) is 0 Å². The number of hydrogen-bond acceptors (Lipinski definition) is 2. The summed E-state index contributed by atoms with van der Waals surface area (Å²) in [6.07, 6.45) is 9.37. The molecule has 1 aromatic rings. The van der Waals surface area contributed by atoms with Gasteiger partial charge in [-0.15, -0.1) is 0 Å². The molecule has 3 heteroatoms. The van der Waals surface area contributed by atoms with Crippen LogP contribution < -0.4 is 5.32 Å². The molecule has 0 aromatic carbocycles. The van der Waals surface area contributed by atoms with Crippen molar-refractivity contribution in [2.75, 3.05) is 11.9 Å². The first-order valence-corrected chi connectivity index (χ1v) is 6.04. The lowest BCUT2D eigenvalue weighted by molar-refractivity contribution is 0.521. The summed E-state index contributed by atoms with van der Waals surface area (Å²) in [5, 5.41) is 3.42. The first-order chi connectivity index (χ1) is 7.27. The van der Waals surface area contributed by atoms with Crippen molar-refractivity contribution in [1.29, 1.82) is 0 Å². The van der Waals surface area contributed by atoms with Gasteiger partial charge in [0.1, 0.15) is 0 Å². The Bertz CT molecular complexity index is 298. The molecule has 15 heavy (non-hydrogen) atoms. The van der Waals surface area contributed by atoms with E-state index in [1.807, 2.05) is 6.20 Å². The highest BCUT2D eigenvalue weighted by Gasteiger charge is 2.18. The molecule has 3 nitrogen and oxygen atoms in total. The largest absolute Gasteiger partial charge is 0.355 e. The zero-order chi connectivity index (χ0) is 10.7. The van der Waals surface area contributed by atoms with Gasteiger partial charge in [-0.25, -0.2) is 4.98 Å². The van der Waals surface area contributed by atoms with Gasteiger partial charge in [0.2, 0.25) is 5.95 Å². The topological polar surface area (TPSA) is 29.9 Å². The van der Waals surface area contributed by atoms with Gasteiger partial charge >= 0.3 is 0 Å². The Balaban J connectivity index is 2.01. The fourth-order valence-corrected chi connectivity index (χ4v) is 2.22. The summed E-state index contributed by atoms with van der Waals surface area (Å²) in [4.78, 5) is 4.38. The van der Waals surface area contributed by atoms with E-state index in [9.17, 15) is 0 Å². The standard InChI is InChI=1S/C12H21N3/c1-10(2)9-14-12-13-7-8-15(12)11-5-3-4-6-11/h7-8,10-11H,3-6,9H2,1-2H3,(H,13,14). The molecule has 84 valence electrons. The van der Waals surface area contributed by atoms with E-state index < -0.39 is 0 Å². The van der Waals surface area contributed by atoms with Gasteiger partial charge in [-0.05, 0) is 18.8 Å². The average molecular weight is 207 g/mol. The Morgan fingerprint density at radius 3 is 2.87 bits per heavy atom. The fourth-order valence-electron chi connectivity index (χ4n) is 2.22. The highest BCUT2D eigenvalue weighted by atomic mass is 15.2. The van der Waals surface area contributed by atoms with Crippen molar-refractivity contribution >= 4 is 5.95 Å². The van der Waals surface area contributed by atoms with Crippen LogP contribution in [0.3, 0.4) is 0 Å². The van der Waals surface area contributed by atoms with Crippen molar-refractivity contribution in [2.45, 2.75) is 45.6 Å². The quantitative estimate of drug-likeness (QED) is 0.822. The molecule has 1 N–H and O–H groups in total. The second-order valence-corrected chi connectivity index (χ2v) is 4.87. The van der Waals surface area contributed by atoms with Gasteiger partial charge in [0.05, 0.1) is 0 Å². The monoisotopic (exact) mass is 207 g/mol. The van der Waals surface area contributed by atoms with Crippen LogP contribution in [0, 0.1) is 5.92 Å². The van der Waals surface area contributed by atoms with Crippen LogP contribution in [0.1, 0.15) is 45.6 Å². The van der Waals surface area contributed by atoms with Gasteiger partial charge in [0, 0.05) is 25.0 Å². The van der Waals surface area contributed by atoms with Crippen LogP contribution in [0.5, 0.6) is 0 Å². The molecule has 1 aromatic heterocycles. The maximum atomic E-state index is 4.38. The summed E-state index contributed by atoms with van der Waals surface area (Å²) < 4.78 is 2.31. The molecule has 1 aliphatic rings. The second-order valence-electron chi connectivity index (χ2n) is 4.87. The number of nitrogens with one attached hydrogen (secondary N) is 1. The summed E-state index contributed by atoms with van der Waals surface area (Å²) in [5.74, 6) is 1.72. The molecule has 0 aliphatic heterocycles. The second kappa shape index (κ2) is 4.69. The summed E-state index contributed by atoms with van der Waals surface area (Å²) in [5.41, 5.74) is 0. The van der Waals surface area contributed by atoms with Crippen LogP contribution in [0.4, 0.5) is 5.95 Å². The molecule has 1 aliphatic carbocycles. The molecule has 0 spiro atoms. The molecule has 0 atom stereocenters. The number of aromatic nitrogens is 2. The number of imidazole rings is 1. The molecule has 0 unspecified atom stereocenters. The van der Waals surface area contributed by atoms with Crippen molar-refractivity contribution in [2.24, 2.45) is 5.92 Å². The van der Waals surface area contributed by atoms with Crippen molar-refractivity contribution in [1.82, 2.24) is 9.55 Å². The SMILES string of the molecule is CC(C)CNc1nccn1C1CCCC1. The van der Waals surface area contributed by atoms with Gasteiger partial charge in [0.15, 0.2) is 0 Å². The zero-order valence-corrected chi connectivity index (χ0v) is 9.74. The minimum Gasteiger partial charge on any atom is -0.355 e. The van der Waals surface area contributed by atoms with Crippen molar-refractivity contribution in [3.8, 4) is 0 Å². The van der Waals surface area contributed by atoms with E-state index in [1.54, 1.807) is 0 Å². The number of rotatable bonds is 4. The summed E-state index contributed by atoms with van der Waals surface area (Å²) in [7, 11) is 0. The van der Waals surface area contributed by atoms with Gasteiger partial charge in [-0.3, -0.25) is 0 Å². The normalized spacial score (nSPS) is 17.5. The molecule has 1 heterocycles. The van der Waals surface area contributed by atoms with Crippen molar-refractivity contribution in [3.05, 3.63) is 12.4 Å². The third kappa shape index (κ3) is 2.52. The Morgan fingerprint density at radius 1 is 1.47 bits per heavy atom. The highest BCUT2D eigenvalue weighted by Crippen LogP contribution is 2.31. The molecular formula is C12H21N3. The van der Waals surface area contributed by atoms with Crippen LogP contribution in [0.25, 0.3) is 0 Å². The van der Waals surface area contributed by atoms with Gasteiger partial charge in [0.25, 0.3) is 0 Å². The third-order valence-electron chi connectivity index (χ3n) is 3.06. The maximum Gasteiger partial charge on any atom is 0.203 e. The Labute approximate surface area is 91.9 Å². The van der Waals surface area contributed by atoms with Crippen LogP contribution in [-0.2, 0) is 0 Å². The molecule has 0 bridgehead atoms. The molecule has 1 fully saturated rings. The Kier molecular flexibility index (Phi) is 3.29. The molecule has 1 saturated carbocycles. The Morgan fingerprint density at radius 2 is 2.20 bits per heavy atom. The summed E-state index contributed by atoms with van der Waals surface area (Å²) >= 11 is 0. The molecule has 0 saturated heterocycles. The van der Waals surface area contributed by atoms with Crippen LogP contribution >= 0.6 is 0 Å². The molecule has 0 amide bonds. The predicted molar refractivity (Wildman–Crippen MR) is 63.1 cm³/mol. The van der Waals surface area contributed by atoms with Crippen LogP contribution in [0.2, 0.25) is 0 Å². The number of nitrogens with zero attached hydrogens (tertiary/aromatic N) is 2. The first-order valence-electron chi connectivity index (χ1n) is 6.04. The van der Waals surface area contributed by atoms with E-state index in [0.29, 0.717) is 12.0 Å². The van der Waals surface area contributed by atoms with E-state index >= 15 is 0 Å². The van der Waals surface area contributed by atoms with E-state index in [0.717, 1.165) is 12.5 Å². The third-order valence-corrected chi connectivity index (χ3v) is 3.06. The van der Waals surface area contributed by atoms with Crippen molar-refractivity contribution in [3.63, 3.8) is 0 Å².